The van der Waals surface area contributed by atoms with E-state index in [4.69, 9.17) is 0 Å². The van der Waals surface area contributed by atoms with Crippen molar-refractivity contribution in [2.45, 2.75) is 137 Å². The van der Waals surface area contributed by atoms with Crippen LogP contribution in [0.5, 0.6) is 0 Å². The van der Waals surface area contributed by atoms with E-state index in [9.17, 15) is 0 Å². The number of fused-ring (bicyclic) bond motifs is 5. The van der Waals surface area contributed by atoms with Crippen LogP contribution < -0.4 is 15.5 Å². The molecule has 0 bridgehead atoms. The Hall–Kier alpha value is -2.48. The van der Waals surface area contributed by atoms with Crippen LogP contribution in [0.4, 0.5) is 11.4 Å². The normalized spacial score (nSPS) is 29.2. The van der Waals surface area contributed by atoms with Crippen LogP contribution >= 0.6 is 0 Å². The second-order valence-corrected chi connectivity index (χ2v) is 20.2. The number of likely N-dealkylation sites (N-methyl/N-ethyl adjacent to an activating group) is 2. The lowest BCUT2D eigenvalue weighted by Crippen LogP contribution is -2.51. The predicted molar refractivity (Wildman–Crippen MR) is 238 cm³/mol. The van der Waals surface area contributed by atoms with Gasteiger partial charge in [0.1, 0.15) is 0 Å². The molecule has 0 amide bonds. The molecule has 56 heavy (non-hydrogen) atoms. The van der Waals surface area contributed by atoms with Crippen molar-refractivity contribution in [3.63, 3.8) is 0 Å². The summed E-state index contributed by atoms with van der Waals surface area (Å²) in [6, 6.07) is 9.22. The molecule has 0 aromatic carbocycles. The smallest absolute Gasteiger partial charge is 0.0564 e. The van der Waals surface area contributed by atoms with Crippen molar-refractivity contribution in [2.75, 3.05) is 64.6 Å². The average Bonchev–Trinajstić information content (AvgIpc) is 3.53. The maximum absolute atomic E-state index is 4.68. The molecule has 0 radical (unpaired) electrons. The van der Waals surface area contributed by atoms with Gasteiger partial charge >= 0.3 is 0 Å². The SMILES string of the molecule is CC(C)CCCC(C)C1CCC2C3CC=C4CC(NCCCCNc5ccnc(CN(C)CCN(C)Cc6cc(N(C)C)ccn6)c5)CCC4(C)C3CCC12C. The van der Waals surface area contributed by atoms with Gasteiger partial charge in [-0.15, -0.1) is 0 Å². The zero-order chi connectivity index (χ0) is 39.9. The number of allylic oxidation sites excluding steroid dienone is 1. The van der Waals surface area contributed by atoms with Gasteiger partial charge in [-0.3, -0.25) is 19.8 Å². The zero-order valence-corrected chi connectivity index (χ0v) is 37.3. The van der Waals surface area contributed by atoms with E-state index in [0.717, 1.165) is 86.2 Å². The van der Waals surface area contributed by atoms with E-state index in [1.165, 1.54) is 94.8 Å². The first-order valence-electron chi connectivity index (χ1n) is 23.0. The van der Waals surface area contributed by atoms with Gasteiger partial charge in [0.2, 0.25) is 0 Å². The van der Waals surface area contributed by atoms with Crippen LogP contribution in [0, 0.1) is 46.3 Å². The topological polar surface area (TPSA) is 59.6 Å². The third kappa shape index (κ3) is 10.6. The molecule has 2 aromatic heterocycles. The summed E-state index contributed by atoms with van der Waals surface area (Å²) >= 11 is 0. The Bertz CT molecular complexity index is 1550. The summed E-state index contributed by atoms with van der Waals surface area (Å²) in [5, 5.41) is 7.69. The first kappa shape index (κ1) is 43.1. The molecule has 8 atom stereocenters. The van der Waals surface area contributed by atoms with E-state index in [-0.39, 0.29) is 0 Å². The third-order valence-corrected chi connectivity index (χ3v) is 15.5. The largest absolute Gasteiger partial charge is 0.385 e. The van der Waals surface area contributed by atoms with E-state index in [0.29, 0.717) is 16.9 Å². The van der Waals surface area contributed by atoms with Crippen LogP contribution in [-0.4, -0.2) is 80.2 Å². The molecule has 0 saturated heterocycles. The van der Waals surface area contributed by atoms with Gasteiger partial charge < -0.3 is 15.5 Å². The molecule has 8 unspecified atom stereocenters. The Balaban J connectivity index is 0.879. The number of rotatable bonds is 20. The molecule has 0 aliphatic heterocycles. The fourth-order valence-electron chi connectivity index (χ4n) is 12.2. The maximum Gasteiger partial charge on any atom is 0.0564 e. The Morgan fingerprint density at radius 2 is 1.50 bits per heavy atom. The molecule has 3 fully saturated rings. The van der Waals surface area contributed by atoms with Crippen molar-refractivity contribution < 1.29 is 0 Å². The predicted octanol–water partition coefficient (Wildman–Crippen LogP) is 10.3. The van der Waals surface area contributed by atoms with Crippen LogP contribution in [-0.2, 0) is 13.1 Å². The van der Waals surface area contributed by atoms with Gasteiger partial charge in [-0.2, -0.15) is 0 Å². The first-order chi connectivity index (χ1) is 26.9. The highest BCUT2D eigenvalue weighted by Crippen LogP contribution is 2.67. The van der Waals surface area contributed by atoms with E-state index < -0.39 is 0 Å². The number of aromatic nitrogens is 2. The number of pyridine rings is 2. The van der Waals surface area contributed by atoms with Crippen molar-refractivity contribution in [1.29, 1.82) is 0 Å². The van der Waals surface area contributed by atoms with Crippen LogP contribution in [0.25, 0.3) is 0 Å². The first-order valence-corrected chi connectivity index (χ1v) is 23.0. The summed E-state index contributed by atoms with van der Waals surface area (Å²) < 4.78 is 0. The number of hydrogen-bond acceptors (Lipinski definition) is 7. The molecule has 4 aliphatic carbocycles. The third-order valence-electron chi connectivity index (χ3n) is 15.5. The molecule has 7 nitrogen and oxygen atoms in total. The molecule has 2 N–H and O–H groups in total. The zero-order valence-electron chi connectivity index (χ0n) is 37.3. The highest BCUT2D eigenvalue weighted by atomic mass is 15.2. The Morgan fingerprint density at radius 3 is 2.23 bits per heavy atom. The summed E-state index contributed by atoms with van der Waals surface area (Å²) in [4.78, 5) is 16.1. The summed E-state index contributed by atoms with van der Waals surface area (Å²) in [5.41, 5.74) is 7.44. The molecular formula is C49H81N7. The van der Waals surface area contributed by atoms with Crippen molar-refractivity contribution >= 4 is 11.4 Å². The lowest BCUT2D eigenvalue weighted by molar-refractivity contribution is -0.0514. The molecule has 7 heteroatoms. The van der Waals surface area contributed by atoms with Crippen molar-refractivity contribution in [3.8, 4) is 0 Å². The van der Waals surface area contributed by atoms with Gasteiger partial charge in [-0.1, -0.05) is 65.5 Å². The number of anilines is 2. The van der Waals surface area contributed by atoms with Gasteiger partial charge in [0, 0.05) is 76.6 Å². The molecule has 6 rings (SSSR count). The molecule has 4 aliphatic rings. The summed E-state index contributed by atoms with van der Waals surface area (Å²) in [6.45, 7) is 18.6. The molecule has 2 aromatic rings. The van der Waals surface area contributed by atoms with Gasteiger partial charge in [-0.05, 0) is 155 Å². The second kappa shape index (κ2) is 19.5. The van der Waals surface area contributed by atoms with Crippen molar-refractivity contribution in [1.82, 2.24) is 25.1 Å². The highest BCUT2D eigenvalue weighted by Gasteiger charge is 2.59. The minimum Gasteiger partial charge on any atom is -0.385 e. The second-order valence-electron chi connectivity index (χ2n) is 20.2. The van der Waals surface area contributed by atoms with E-state index >= 15 is 0 Å². The average molecular weight is 768 g/mol. The fourth-order valence-corrected chi connectivity index (χ4v) is 12.2. The van der Waals surface area contributed by atoms with E-state index in [1.807, 2.05) is 18.0 Å². The van der Waals surface area contributed by atoms with Crippen LogP contribution in [0.2, 0.25) is 0 Å². The Labute approximate surface area is 343 Å². The molecule has 2 heterocycles. The number of hydrogen-bond donors (Lipinski definition) is 2. The Morgan fingerprint density at radius 1 is 0.786 bits per heavy atom. The molecule has 3 saturated carbocycles. The molecule has 312 valence electrons. The van der Waals surface area contributed by atoms with Gasteiger partial charge in [-0.25, -0.2) is 0 Å². The summed E-state index contributed by atoms with van der Waals surface area (Å²) in [7, 11) is 8.51. The van der Waals surface area contributed by atoms with Gasteiger partial charge in [0.15, 0.2) is 0 Å². The summed E-state index contributed by atoms with van der Waals surface area (Å²) in [5.74, 6) is 5.49. The van der Waals surface area contributed by atoms with Crippen LogP contribution in [0.15, 0.2) is 48.3 Å². The number of nitrogens with zero attached hydrogens (tertiary/aromatic N) is 5. The maximum atomic E-state index is 4.68. The van der Waals surface area contributed by atoms with E-state index in [2.05, 4.69) is 128 Å². The molecule has 0 spiro atoms. The Kier molecular flexibility index (Phi) is 15.0. The summed E-state index contributed by atoms with van der Waals surface area (Å²) in [6.07, 6.45) is 24.6. The monoisotopic (exact) mass is 768 g/mol. The van der Waals surface area contributed by atoms with Crippen molar-refractivity contribution in [3.05, 3.63) is 59.7 Å². The van der Waals surface area contributed by atoms with Crippen LogP contribution in [0.1, 0.15) is 129 Å². The van der Waals surface area contributed by atoms with Crippen LogP contribution in [0.3, 0.4) is 0 Å². The quantitative estimate of drug-likeness (QED) is 0.103. The van der Waals surface area contributed by atoms with E-state index in [1.54, 1.807) is 0 Å². The molecular weight excluding hydrogens is 687 g/mol. The number of nitrogens with one attached hydrogen (secondary N) is 2. The highest BCUT2D eigenvalue weighted by molar-refractivity contribution is 5.45. The van der Waals surface area contributed by atoms with Gasteiger partial charge in [0.05, 0.1) is 11.4 Å². The minimum atomic E-state index is 0.443. The lowest BCUT2D eigenvalue weighted by atomic mass is 9.47. The standard InChI is InChI=1S/C49H81N7/c1-36(2)13-12-14-37(3)45-17-18-46-44-16-15-38-31-39(19-23-48(38,4)47(44)20-24-49(45,46)5)50-25-10-11-26-51-40-21-27-52-41(32-40)34-55(8)29-30-56(9)35-42-33-43(54(6)7)22-28-53-42/h15,21-22,27-28,32-33,36-37,39,44-47,50H,10-14,16-20,23-26,29-31,34-35H2,1-9H3,(H,51,52). The van der Waals surface area contributed by atoms with Crippen molar-refractivity contribution in [2.24, 2.45) is 46.3 Å². The minimum absolute atomic E-state index is 0.443. The number of unbranched alkanes of at least 4 members (excludes halogenated alkanes) is 1. The van der Waals surface area contributed by atoms with Gasteiger partial charge in [0.25, 0.3) is 0 Å². The lowest BCUT2D eigenvalue weighted by Gasteiger charge is -2.58. The fraction of sp³-hybridized carbons (Fsp3) is 0.755.